The largest absolute Gasteiger partial charge is 0.399 e. The maximum Gasteiger partial charge on any atom is 0.253 e. The Labute approximate surface area is 112 Å². The van der Waals surface area contributed by atoms with Gasteiger partial charge in [-0.05, 0) is 40.8 Å². The maximum atomic E-state index is 11.7. The summed E-state index contributed by atoms with van der Waals surface area (Å²) < 4.78 is 2.63. The Morgan fingerprint density at radius 3 is 2.88 bits per heavy atom. The molecule has 0 radical (unpaired) electrons. The highest BCUT2D eigenvalue weighted by molar-refractivity contribution is 14.1. The highest BCUT2D eigenvalue weighted by Crippen LogP contribution is 2.18. The van der Waals surface area contributed by atoms with Crippen molar-refractivity contribution in [3.8, 4) is 5.69 Å². The SMILES string of the molecule is CNC(=O)c1ccc(N)cc1-n1cc(I)cn1. The van der Waals surface area contributed by atoms with Crippen molar-refractivity contribution in [3.63, 3.8) is 0 Å². The van der Waals surface area contributed by atoms with E-state index in [1.165, 1.54) is 0 Å². The first-order valence-corrected chi connectivity index (χ1v) is 6.02. The average Bonchev–Trinajstić information content (AvgIpc) is 2.75. The molecule has 2 rings (SSSR count). The molecule has 3 N–H and O–H groups in total. The summed E-state index contributed by atoms with van der Waals surface area (Å²) in [7, 11) is 1.59. The quantitative estimate of drug-likeness (QED) is 0.640. The number of nitrogens with two attached hydrogens (primary N) is 1. The van der Waals surface area contributed by atoms with Gasteiger partial charge in [-0.3, -0.25) is 4.79 Å². The van der Waals surface area contributed by atoms with E-state index in [1.807, 2.05) is 6.20 Å². The van der Waals surface area contributed by atoms with E-state index in [9.17, 15) is 4.79 Å². The first-order valence-electron chi connectivity index (χ1n) is 4.94. The summed E-state index contributed by atoms with van der Waals surface area (Å²) in [6.07, 6.45) is 3.55. The summed E-state index contributed by atoms with van der Waals surface area (Å²) in [4.78, 5) is 11.7. The summed E-state index contributed by atoms with van der Waals surface area (Å²) >= 11 is 2.16. The molecule has 6 heteroatoms. The van der Waals surface area contributed by atoms with E-state index in [-0.39, 0.29) is 5.91 Å². The number of nitrogen functional groups attached to an aromatic ring is 1. The maximum absolute atomic E-state index is 11.7. The summed E-state index contributed by atoms with van der Waals surface area (Å²) in [6, 6.07) is 5.12. The number of rotatable bonds is 2. The average molecular weight is 342 g/mol. The van der Waals surface area contributed by atoms with Crippen LogP contribution in [-0.4, -0.2) is 22.7 Å². The van der Waals surface area contributed by atoms with Gasteiger partial charge in [0.25, 0.3) is 5.91 Å². The number of halogens is 1. The fourth-order valence-corrected chi connectivity index (χ4v) is 1.89. The third-order valence-corrected chi connectivity index (χ3v) is 2.85. The van der Waals surface area contributed by atoms with Gasteiger partial charge in [0.05, 0.1) is 21.0 Å². The molecule has 0 bridgehead atoms. The molecule has 0 saturated carbocycles. The fourth-order valence-electron chi connectivity index (χ4n) is 1.50. The van der Waals surface area contributed by atoms with Crippen molar-refractivity contribution in [3.05, 3.63) is 39.7 Å². The number of nitrogens with zero attached hydrogens (tertiary/aromatic N) is 2. The molecule has 1 amide bonds. The third kappa shape index (κ3) is 2.41. The van der Waals surface area contributed by atoms with E-state index in [0.717, 1.165) is 3.57 Å². The second-order valence-corrected chi connectivity index (χ2v) is 4.70. The lowest BCUT2D eigenvalue weighted by Gasteiger charge is -2.09. The molecule has 1 heterocycles. The Balaban J connectivity index is 2.58. The first-order chi connectivity index (χ1) is 8.11. The van der Waals surface area contributed by atoms with Crippen LogP contribution in [0.25, 0.3) is 5.69 Å². The van der Waals surface area contributed by atoms with E-state index in [0.29, 0.717) is 16.9 Å². The van der Waals surface area contributed by atoms with Crippen molar-refractivity contribution >= 4 is 34.2 Å². The molecule has 0 saturated heterocycles. The Morgan fingerprint density at radius 2 is 2.29 bits per heavy atom. The molecule has 0 aliphatic heterocycles. The minimum Gasteiger partial charge on any atom is -0.399 e. The Morgan fingerprint density at radius 1 is 1.53 bits per heavy atom. The van der Waals surface area contributed by atoms with Gasteiger partial charge in [0.15, 0.2) is 0 Å². The second kappa shape index (κ2) is 4.74. The molecule has 1 aromatic heterocycles. The lowest BCUT2D eigenvalue weighted by molar-refractivity contribution is 0.0963. The summed E-state index contributed by atoms with van der Waals surface area (Å²) in [6.45, 7) is 0. The van der Waals surface area contributed by atoms with Crippen molar-refractivity contribution in [2.75, 3.05) is 12.8 Å². The lowest BCUT2D eigenvalue weighted by Crippen LogP contribution is -2.20. The summed E-state index contributed by atoms with van der Waals surface area (Å²) in [5, 5.41) is 6.77. The monoisotopic (exact) mass is 342 g/mol. The van der Waals surface area contributed by atoms with Gasteiger partial charge >= 0.3 is 0 Å². The Bertz CT molecular complexity index is 564. The lowest BCUT2D eigenvalue weighted by atomic mass is 10.1. The molecule has 0 unspecified atom stereocenters. The highest BCUT2D eigenvalue weighted by atomic mass is 127. The number of carbonyl (C=O) groups excluding carboxylic acids is 1. The van der Waals surface area contributed by atoms with Gasteiger partial charge in [-0.2, -0.15) is 5.10 Å². The molecule has 0 atom stereocenters. The molecule has 0 fully saturated rings. The molecule has 0 aliphatic carbocycles. The molecule has 1 aromatic carbocycles. The fraction of sp³-hybridized carbons (Fsp3) is 0.0909. The summed E-state index contributed by atoms with van der Waals surface area (Å²) in [5.41, 5.74) is 7.55. The van der Waals surface area contributed by atoms with Crippen LogP contribution in [0.2, 0.25) is 0 Å². The van der Waals surface area contributed by atoms with Crippen LogP contribution in [0.4, 0.5) is 5.69 Å². The molecule has 0 aliphatic rings. The van der Waals surface area contributed by atoms with Gasteiger partial charge in [0.1, 0.15) is 0 Å². The number of hydrogen-bond donors (Lipinski definition) is 2. The van der Waals surface area contributed by atoms with Gasteiger partial charge in [0, 0.05) is 18.9 Å². The standard InChI is InChI=1S/C11H11IN4O/c1-14-11(17)9-3-2-8(13)4-10(9)16-6-7(12)5-15-16/h2-6H,13H2,1H3,(H,14,17). The number of aromatic nitrogens is 2. The number of benzene rings is 1. The number of nitrogens with one attached hydrogen (secondary N) is 1. The van der Waals surface area contributed by atoms with Gasteiger partial charge in [-0.1, -0.05) is 0 Å². The van der Waals surface area contributed by atoms with E-state index in [4.69, 9.17) is 5.73 Å². The normalized spacial score (nSPS) is 10.2. The predicted molar refractivity (Wildman–Crippen MR) is 74.1 cm³/mol. The van der Waals surface area contributed by atoms with Gasteiger partial charge in [-0.15, -0.1) is 0 Å². The minimum absolute atomic E-state index is 0.162. The van der Waals surface area contributed by atoms with Crippen LogP contribution < -0.4 is 11.1 Å². The van der Waals surface area contributed by atoms with Crippen LogP contribution in [0.3, 0.4) is 0 Å². The van der Waals surface area contributed by atoms with Crippen molar-refractivity contribution < 1.29 is 4.79 Å². The predicted octanol–water partition coefficient (Wildman–Crippen LogP) is 1.42. The van der Waals surface area contributed by atoms with Crippen molar-refractivity contribution in [1.29, 1.82) is 0 Å². The summed E-state index contributed by atoms with van der Waals surface area (Å²) in [5.74, 6) is -0.162. The molecule has 2 aromatic rings. The number of hydrogen-bond acceptors (Lipinski definition) is 3. The van der Waals surface area contributed by atoms with Gasteiger partial charge < -0.3 is 11.1 Å². The van der Waals surface area contributed by atoms with Crippen molar-refractivity contribution in [1.82, 2.24) is 15.1 Å². The van der Waals surface area contributed by atoms with Crippen LogP contribution >= 0.6 is 22.6 Å². The first kappa shape index (κ1) is 11.9. The molecule has 88 valence electrons. The van der Waals surface area contributed by atoms with Crippen LogP contribution in [-0.2, 0) is 0 Å². The minimum atomic E-state index is -0.162. The van der Waals surface area contributed by atoms with Crippen LogP contribution in [0.1, 0.15) is 10.4 Å². The topological polar surface area (TPSA) is 72.9 Å². The molecule has 17 heavy (non-hydrogen) atoms. The van der Waals surface area contributed by atoms with Crippen molar-refractivity contribution in [2.24, 2.45) is 0 Å². The highest BCUT2D eigenvalue weighted by Gasteiger charge is 2.12. The number of anilines is 1. The third-order valence-electron chi connectivity index (χ3n) is 2.29. The zero-order valence-electron chi connectivity index (χ0n) is 9.14. The van der Waals surface area contributed by atoms with Crippen LogP contribution in [0.5, 0.6) is 0 Å². The van der Waals surface area contributed by atoms with E-state index in [2.05, 4.69) is 33.0 Å². The molecule has 0 spiro atoms. The van der Waals surface area contributed by atoms with Crippen LogP contribution in [0, 0.1) is 3.57 Å². The number of amides is 1. The van der Waals surface area contributed by atoms with Gasteiger partial charge in [-0.25, -0.2) is 4.68 Å². The Kier molecular flexibility index (Phi) is 3.32. The van der Waals surface area contributed by atoms with E-state index >= 15 is 0 Å². The zero-order chi connectivity index (χ0) is 12.4. The van der Waals surface area contributed by atoms with E-state index < -0.39 is 0 Å². The van der Waals surface area contributed by atoms with Crippen LogP contribution in [0.15, 0.2) is 30.6 Å². The molecular formula is C11H11IN4O. The second-order valence-electron chi connectivity index (χ2n) is 3.46. The number of carbonyl (C=O) groups is 1. The van der Waals surface area contributed by atoms with Gasteiger partial charge in [0.2, 0.25) is 0 Å². The molecule has 5 nitrogen and oxygen atoms in total. The van der Waals surface area contributed by atoms with E-state index in [1.54, 1.807) is 36.1 Å². The van der Waals surface area contributed by atoms with Crippen molar-refractivity contribution in [2.45, 2.75) is 0 Å². The molecular weight excluding hydrogens is 331 g/mol. The Hall–Kier alpha value is -1.57. The smallest absolute Gasteiger partial charge is 0.253 e. The zero-order valence-corrected chi connectivity index (χ0v) is 11.3.